The van der Waals surface area contributed by atoms with Gasteiger partial charge in [-0.15, -0.1) is 0 Å². The second kappa shape index (κ2) is 7.32. The van der Waals surface area contributed by atoms with Gasteiger partial charge in [-0.3, -0.25) is 0 Å². The van der Waals surface area contributed by atoms with Gasteiger partial charge in [-0.2, -0.15) is 0 Å². The van der Waals surface area contributed by atoms with Crippen molar-refractivity contribution in [2.75, 3.05) is 6.61 Å². The second-order valence-electron chi connectivity index (χ2n) is 6.13. The first kappa shape index (κ1) is 17.1. The lowest BCUT2D eigenvalue weighted by atomic mass is 9.74. The highest BCUT2D eigenvalue weighted by atomic mass is 35.5. The van der Waals surface area contributed by atoms with Crippen molar-refractivity contribution in [1.82, 2.24) is 0 Å². The number of benzene rings is 1. The fourth-order valence-corrected chi connectivity index (χ4v) is 3.86. The summed E-state index contributed by atoms with van der Waals surface area (Å²) in [5, 5.41) is 11.9. The van der Waals surface area contributed by atoms with Crippen molar-refractivity contribution < 1.29 is 9.84 Å². The lowest BCUT2D eigenvalue weighted by molar-refractivity contribution is -0.146. The molecule has 1 N–H and O–H groups in total. The molecule has 21 heavy (non-hydrogen) atoms. The Morgan fingerprint density at radius 2 is 2.19 bits per heavy atom. The molecule has 3 unspecified atom stereocenters. The summed E-state index contributed by atoms with van der Waals surface area (Å²) in [6.45, 7) is 4.83. The van der Waals surface area contributed by atoms with Crippen molar-refractivity contribution in [2.24, 2.45) is 5.92 Å². The summed E-state index contributed by atoms with van der Waals surface area (Å²) in [4.78, 5) is 0. The Balaban J connectivity index is 2.18. The largest absolute Gasteiger partial charge is 0.390 e. The molecule has 1 fully saturated rings. The monoisotopic (exact) mass is 330 g/mol. The van der Waals surface area contributed by atoms with E-state index < -0.39 is 11.7 Å². The predicted molar refractivity (Wildman–Crippen MR) is 88.2 cm³/mol. The molecule has 118 valence electrons. The summed E-state index contributed by atoms with van der Waals surface area (Å²) >= 11 is 12.3. The van der Waals surface area contributed by atoms with E-state index in [9.17, 15) is 5.11 Å². The maximum atomic E-state index is 10.8. The highest BCUT2D eigenvalue weighted by molar-refractivity contribution is 6.42. The molecule has 1 aromatic carbocycles. The molecular formula is C17H24Cl2O2. The van der Waals surface area contributed by atoms with Gasteiger partial charge in [0, 0.05) is 13.0 Å². The second-order valence-corrected chi connectivity index (χ2v) is 6.92. The van der Waals surface area contributed by atoms with E-state index in [0.29, 0.717) is 29.0 Å². The lowest BCUT2D eigenvalue weighted by Gasteiger charge is -2.43. The Labute approximate surface area is 137 Å². The zero-order chi connectivity index (χ0) is 15.5. The van der Waals surface area contributed by atoms with Gasteiger partial charge in [0.15, 0.2) is 0 Å². The topological polar surface area (TPSA) is 29.5 Å². The van der Waals surface area contributed by atoms with Crippen LogP contribution < -0.4 is 0 Å². The van der Waals surface area contributed by atoms with Gasteiger partial charge in [0.2, 0.25) is 0 Å². The summed E-state index contributed by atoms with van der Waals surface area (Å²) in [7, 11) is 0. The van der Waals surface area contributed by atoms with Crippen LogP contribution in [0.25, 0.3) is 0 Å². The van der Waals surface area contributed by atoms with Crippen LogP contribution in [0, 0.1) is 5.92 Å². The average molecular weight is 331 g/mol. The molecular weight excluding hydrogens is 307 g/mol. The van der Waals surface area contributed by atoms with Crippen LogP contribution in [0.2, 0.25) is 10.0 Å². The fourth-order valence-electron chi connectivity index (χ4n) is 3.46. The quantitative estimate of drug-likeness (QED) is 0.833. The molecule has 0 amide bonds. The van der Waals surface area contributed by atoms with Gasteiger partial charge in [-0.05, 0) is 37.3 Å². The van der Waals surface area contributed by atoms with Gasteiger partial charge in [-0.1, -0.05) is 55.1 Å². The van der Waals surface area contributed by atoms with E-state index in [1.807, 2.05) is 19.1 Å². The van der Waals surface area contributed by atoms with Crippen molar-refractivity contribution in [3.63, 3.8) is 0 Å². The number of halogens is 2. The van der Waals surface area contributed by atoms with Crippen LogP contribution in [0.15, 0.2) is 18.2 Å². The van der Waals surface area contributed by atoms with Crippen molar-refractivity contribution >= 4 is 23.2 Å². The summed E-state index contributed by atoms with van der Waals surface area (Å²) in [6, 6.07) is 5.55. The standard InChI is InChI=1S/C17H24Cl2O2/c1-3-21-17(9-5-6-12(2)11-17)15(20)10-13-7-4-8-14(18)16(13)19/h4,7-8,12,15,20H,3,5-6,9-11H2,1-2H3. The number of rotatable bonds is 5. The Morgan fingerprint density at radius 1 is 1.43 bits per heavy atom. The van der Waals surface area contributed by atoms with Crippen LogP contribution in [0.1, 0.15) is 45.1 Å². The van der Waals surface area contributed by atoms with Gasteiger partial charge in [0.05, 0.1) is 21.8 Å². The maximum absolute atomic E-state index is 10.8. The molecule has 2 nitrogen and oxygen atoms in total. The van der Waals surface area contributed by atoms with E-state index in [1.165, 1.54) is 6.42 Å². The molecule has 1 saturated carbocycles. The third-order valence-corrected chi connectivity index (χ3v) is 5.33. The van der Waals surface area contributed by atoms with Gasteiger partial charge < -0.3 is 9.84 Å². The molecule has 0 radical (unpaired) electrons. The van der Waals surface area contributed by atoms with Gasteiger partial charge in [0.1, 0.15) is 0 Å². The summed E-state index contributed by atoms with van der Waals surface area (Å²) in [5.41, 5.74) is 0.437. The molecule has 3 atom stereocenters. The first-order chi connectivity index (χ1) is 9.98. The zero-order valence-corrected chi connectivity index (χ0v) is 14.3. The Bertz CT molecular complexity index is 474. The Kier molecular flexibility index (Phi) is 5.96. The Hall–Kier alpha value is -0.280. The minimum atomic E-state index is -0.559. The first-order valence-corrected chi connectivity index (χ1v) is 8.49. The van der Waals surface area contributed by atoms with E-state index >= 15 is 0 Å². The third kappa shape index (κ3) is 3.92. The Morgan fingerprint density at radius 3 is 2.86 bits per heavy atom. The number of aliphatic hydroxyl groups is 1. The molecule has 2 rings (SSSR count). The minimum Gasteiger partial charge on any atom is -0.390 e. The zero-order valence-electron chi connectivity index (χ0n) is 12.7. The van der Waals surface area contributed by atoms with Crippen molar-refractivity contribution in [1.29, 1.82) is 0 Å². The maximum Gasteiger partial charge on any atom is 0.0945 e. The van der Waals surface area contributed by atoms with Crippen molar-refractivity contribution in [3.8, 4) is 0 Å². The average Bonchev–Trinajstić information content (AvgIpc) is 2.44. The molecule has 1 aliphatic rings. The van der Waals surface area contributed by atoms with Crippen LogP contribution in [0.3, 0.4) is 0 Å². The van der Waals surface area contributed by atoms with E-state index in [1.54, 1.807) is 6.07 Å². The molecule has 0 saturated heterocycles. The van der Waals surface area contributed by atoms with Crippen LogP contribution in [0.5, 0.6) is 0 Å². The van der Waals surface area contributed by atoms with E-state index in [2.05, 4.69) is 6.92 Å². The van der Waals surface area contributed by atoms with Gasteiger partial charge in [-0.25, -0.2) is 0 Å². The summed E-state index contributed by atoms with van der Waals surface area (Å²) in [5.74, 6) is 0.579. The number of hydrogen-bond acceptors (Lipinski definition) is 2. The minimum absolute atomic E-state index is 0.446. The lowest BCUT2D eigenvalue weighted by Crippen LogP contribution is -2.49. The molecule has 0 aliphatic heterocycles. The number of ether oxygens (including phenoxy) is 1. The molecule has 4 heteroatoms. The van der Waals surface area contributed by atoms with Crippen molar-refractivity contribution in [3.05, 3.63) is 33.8 Å². The number of aliphatic hydroxyl groups excluding tert-OH is 1. The molecule has 0 heterocycles. The van der Waals surface area contributed by atoms with Gasteiger partial charge >= 0.3 is 0 Å². The number of hydrogen-bond donors (Lipinski definition) is 1. The normalized spacial score (nSPS) is 27.6. The first-order valence-electron chi connectivity index (χ1n) is 7.73. The van der Waals surface area contributed by atoms with Crippen LogP contribution in [0.4, 0.5) is 0 Å². The van der Waals surface area contributed by atoms with E-state index in [0.717, 1.165) is 24.8 Å². The smallest absolute Gasteiger partial charge is 0.0945 e. The van der Waals surface area contributed by atoms with E-state index in [-0.39, 0.29) is 0 Å². The summed E-state index contributed by atoms with van der Waals surface area (Å²) in [6.07, 6.45) is 4.04. The van der Waals surface area contributed by atoms with Crippen molar-refractivity contribution in [2.45, 2.75) is 57.7 Å². The van der Waals surface area contributed by atoms with Crippen LogP contribution in [-0.2, 0) is 11.2 Å². The predicted octanol–water partition coefficient (Wildman–Crippen LogP) is 4.88. The highest BCUT2D eigenvalue weighted by Crippen LogP contribution is 2.39. The van der Waals surface area contributed by atoms with Crippen LogP contribution >= 0.6 is 23.2 Å². The summed E-state index contributed by atoms with van der Waals surface area (Å²) < 4.78 is 6.02. The molecule has 1 aromatic rings. The third-order valence-electron chi connectivity index (χ3n) is 4.47. The molecule has 0 aromatic heterocycles. The van der Waals surface area contributed by atoms with Crippen LogP contribution in [-0.4, -0.2) is 23.4 Å². The molecule has 0 spiro atoms. The molecule has 0 bridgehead atoms. The van der Waals surface area contributed by atoms with E-state index in [4.69, 9.17) is 27.9 Å². The SMILES string of the molecule is CCOC1(C(O)Cc2cccc(Cl)c2Cl)CCCC(C)C1. The highest BCUT2D eigenvalue weighted by Gasteiger charge is 2.42. The van der Waals surface area contributed by atoms with Gasteiger partial charge in [0.25, 0.3) is 0 Å². The molecule has 1 aliphatic carbocycles. The fraction of sp³-hybridized carbons (Fsp3) is 0.647.